The van der Waals surface area contributed by atoms with Gasteiger partial charge in [-0.05, 0) is 0 Å². The molecule has 0 rings (SSSR count). The third-order valence-electron chi connectivity index (χ3n) is 0. The third-order valence-corrected chi connectivity index (χ3v) is 0. The quantitative estimate of drug-likeness (QED) is 0.309. The van der Waals surface area contributed by atoms with Crippen molar-refractivity contribution in [2.24, 2.45) is 0 Å². The summed E-state index contributed by atoms with van der Waals surface area (Å²) in [5.74, 6) is 0. The van der Waals surface area contributed by atoms with Crippen molar-refractivity contribution < 1.29 is 30.2 Å². The molecule has 8 heteroatoms. The van der Waals surface area contributed by atoms with E-state index in [2.05, 4.69) is 0 Å². The van der Waals surface area contributed by atoms with Gasteiger partial charge in [-0.2, -0.15) is 0 Å². The van der Waals surface area contributed by atoms with Crippen molar-refractivity contribution in [3.05, 3.63) is 0 Å². The van der Waals surface area contributed by atoms with Crippen LogP contribution in [0.2, 0.25) is 0 Å². The molecule has 0 aromatic heterocycles. The van der Waals surface area contributed by atoms with E-state index in [0.717, 1.165) is 0 Å². The number of hydrogen-bond acceptors (Lipinski definition) is 1. The van der Waals surface area contributed by atoms with Gasteiger partial charge in [0.1, 0.15) is 0 Å². The van der Waals surface area contributed by atoms with Gasteiger partial charge in [-0.15, -0.1) is 0 Å². The Bertz CT molecular complexity index is 54.7. The molecular weight excluding hydrogens is 336 g/mol. The molecular formula is H9BiO6P. The van der Waals surface area contributed by atoms with E-state index in [1.807, 2.05) is 0 Å². The van der Waals surface area contributed by atoms with Crippen LogP contribution in [0.5, 0.6) is 0 Å². The summed E-state index contributed by atoms with van der Waals surface area (Å²) in [6.07, 6.45) is 0. The maximum absolute atomic E-state index is 8.88. The predicted octanol–water partition coefficient (Wildman–Crippen LogP) is -3.49. The first kappa shape index (κ1) is 23.1. The van der Waals surface area contributed by atoms with Gasteiger partial charge < -0.3 is 25.6 Å². The maximum atomic E-state index is 8.88. The van der Waals surface area contributed by atoms with E-state index < -0.39 is 7.82 Å². The van der Waals surface area contributed by atoms with Gasteiger partial charge >= 0.3 is 34.0 Å². The van der Waals surface area contributed by atoms with Crippen LogP contribution in [-0.4, -0.2) is 51.8 Å². The van der Waals surface area contributed by atoms with Gasteiger partial charge in [-0.25, -0.2) is 4.57 Å². The Morgan fingerprint density at radius 3 is 1.00 bits per heavy atom. The van der Waals surface area contributed by atoms with Crippen molar-refractivity contribution in [1.29, 1.82) is 0 Å². The van der Waals surface area contributed by atoms with E-state index in [1.165, 1.54) is 0 Å². The molecule has 0 amide bonds. The molecule has 1 radical (unpaired) electrons. The molecule has 0 unspecified atom stereocenters. The standard InChI is InChI=1S/Bi.H3O4P.2H2O.2H/c;1-5(2,3)4;;;;/h;(H3,1,2,3,4);2*1H2;;. The monoisotopic (exact) mass is 345 g/mol. The fraction of sp³-hybridized carbons (Fsp3) is 0. The van der Waals surface area contributed by atoms with Crippen molar-refractivity contribution in [3.63, 3.8) is 0 Å². The van der Waals surface area contributed by atoms with Crippen molar-refractivity contribution >= 4 is 34.0 Å². The molecule has 0 saturated carbocycles. The van der Waals surface area contributed by atoms with E-state index in [1.54, 1.807) is 0 Å². The first-order valence-electron chi connectivity index (χ1n) is 0.783. The molecule has 0 fully saturated rings. The Labute approximate surface area is 64.5 Å². The summed E-state index contributed by atoms with van der Waals surface area (Å²) in [6.45, 7) is 0. The zero-order chi connectivity index (χ0) is 4.50. The second kappa shape index (κ2) is 7.91. The van der Waals surface area contributed by atoms with Crippen molar-refractivity contribution in [2.75, 3.05) is 0 Å². The van der Waals surface area contributed by atoms with Crippen LogP contribution in [0.25, 0.3) is 0 Å². The Balaban J connectivity index is -0.0000000267. The molecule has 7 N–H and O–H groups in total. The summed E-state index contributed by atoms with van der Waals surface area (Å²) in [4.78, 5) is 21.6. The van der Waals surface area contributed by atoms with Crippen LogP contribution in [0.3, 0.4) is 0 Å². The SMILES string of the molecule is O.O.O=P(O)(O)O.[BiH2]. The van der Waals surface area contributed by atoms with Gasteiger partial charge in [0.25, 0.3) is 0 Å². The normalized spacial score (nSPS) is 7.38. The molecule has 6 nitrogen and oxygen atoms in total. The summed E-state index contributed by atoms with van der Waals surface area (Å²) in [5, 5.41) is 0. The Kier molecular flexibility index (Phi) is 22.9. The average Bonchev–Trinajstić information content (AvgIpc) is 0.722. The molecule has 0 heterocycles. The van der Waals surface area contributed by atoms with Crippen molar-refractivity contribution in [3.8, 4) is 0 Å². The molecule has 0 aliphatic heterocycles. The average molecular weight is 345 g/mol. The molecule has 0 saturated heterocycles. The van der Waals surface area contributed by atoms with E-state index in [-0.39, 0.29) is 37.2 Å². The second-order valence-electron chi connectivity index (χ2n) is 0.513. The molecule has 0 aromatic carbocycles. The van der Waals surface area contributed by atoms with Gasteiger partial charge in [0.05, 0.1) is 0 Å². The van der Waals surface area contributed by atoms with Crippen LogP contribution in [-0.2, 0) is 4.57 Å². The molecule has 0 spiro atoms. The van der Waals surface area contributed by atoms with Crippen molar-refractivity contribution in [1.82, 2.24) is 0 Å². The van der Waals surface area contributed by atoms with Crippen molar-refractivity contribution in [2.45, 2.75) is 0 Å². The molecule has 8 heavy (non-hydrogen) atoms. The summed E-state index contributed by atoms with van der Waals surface area (Å²) in [6, 6.07) is 0. The topological polar surface area (TPSA) is 141 Å². The van der Waals surface area contributed by atoms with Crippen LogP contribution in [0.15, 0.2) is 0 Å². The summed E-state index contributed by atoms with van der Waals surface area (Å²) in [7, 11) is -4.64. The van der Waals surface area contributed by atoms with Crippen LogP contribution in [0, 0.1) is 0 Å². The van der Waals surface area contributed by atoms with Crippen LogP contribution in [0.1, 0.15) is 0 Å². The Hall–Kier alpha value is 0.913. The zero-order valence-corrected chi connectivity index (χ0v) is 9.16. The van der Waals surface area contributed by atoms with Gasteiger partial charge in [-0.1, -0.05) is 0 Å². The molecule has 0 aromatic rings. The van der Waals surface area contributed by atoms with Gasteiger partial charge in [0.2, 0.25) is 0 Å². The Morgan fingerprint density at radius 2 is 1.00 bits per heavy atom. The van der Waals surface area contributed by atoms with Gasteiger partial charge in [-0.3, -0.25) is 0 Å². The molecule has 0 aliphatic rings. The first-order valence-corrected chi connectivity index (χ1v) is 2.35. The first-order chi connectivity index (χ1) is 2.00. The van der Waals surface area contributed by atoms with Crippen LogP contribution in [0.4, 0.5) is 0 Å². The fourth-order valence-electron chi connectivity index (χ4n) is 0. The third kappa shape index (κ3) is 290. The van der Waals surface area contributed by atoms with Crippen LogP contribution < -0.4 is 0 Å². The van der Waals surface area contributed by atoms with E-state index >= 15 is 0 Å². The minimum absolute atomic E-state index is 0. The minimum atomic E-state index is -4.64. The molecule has 55 valence electrons. The Morgan fingerprint density at radius 1 is 1.00 bits per heavy atom. The summed E-state index contributed by atoms with van der Waals surface area (Å²) < 4.78 is 8.88. The second-order valence-corrected chi connectivity index (χ2v) is 1.54. The predicted molar refractivity (Wildman–Crippen MR) is 30.0 cm³/mol. The molecule has 0 aliphatic carbocycles. The fourth-order valence-corrected chi connectivity index (χ4v) is 0. The summed E-state index contributed by atoms with van der Waals surface area (Å²) >= 11 is 0. The number of rotatable bonds is 0. The van der Waals surface area contributed by atoms with Crippen LogP contribution >= 0.6 is 7.82 Å². The molecule has 0 atom stereocenters. The van der Waals surface area contributed by atoms with E-state index in [4.69, 9.17) is 19.2 Å². The zero-order valence-electron chi connectivity index (χ0n) is 3.77. The van der Waals surface area contributed by atoms with Gasteiger partial charge in [0, 0.05) is 0 Å². The molecule has 0 bridgehead atoms. The summed E-state index contributed by atoms with van der Waals surface area (Å²) in [5.41, 5.74) is 0. The van der Waals surface area contributed by atoms with E-state index in [0.29, 0.717) is 0 Å². The number of phosphoric acid groups is 1. The number of hydrogen-bond donors (Lipinski definition) is 3. The van der Waals surface area contributed by atoms with E-state index in [9.17, 15) is 0 Å². The van der Waals surface area contributed by atoms with Gasteiger partial charge in [0.15, 0.2) is 0 Å².